The quantitative estimate of drug-likeness (QED) is 0.577. The smallest absolute Gasteiger partial charge is 0.243 e. The van der Waals surface area contributed by atoms with E-state index in [1.54, 1.807) is 6.07 Å². The van der Waals surface area contributed by atoms with Gasteiger partial charge >= 0.3 is 0 Å². The van der Waals surface area contributed by atoms with Crippen LogP contribution >= 0.6 is 11.3 Å². The molecule has 33 heavy (non-hydrogen) atoms. The maximum atomic E-state index is 13.1. The van der Waals surface area contributed by atoms with Gasteiger partial charge in [0.05, 0.1) is 11.4 Å². The number of carbonyl (C=O) groups excluding carboxylic acids is 1. The van der Waals surface area contributed by atoms with E-state index in [1.165, 1.54) is 15.6 Å². The molecule has 8 nitrogen and oxygen atoms in total. The molecular formula is C23H27N5O3S2. The molecule has 2 aromatic carbocycles. The fraction of sp³-hybridized carbons (Fsp3) is 0.348. The molecule has 0 saturated carbocycles. The maximum Gasteiger partial charge on any atom is 0.243 e. The molecule has 1 saturated heterocycles. The number of nitrogens with zero attached hydrogens (tertiary/aromatic N) is 4. The number of rotatable bonds is 6. The zero-order valence-electron chi connectivity index (χ0n) is 18.9. The van der Waals surface area contributed by atoms with E-state index in [-0.39, 0.29) is 12.5 Å². The van der Waals surface area contributed by atoms with Gasteiger partial charge in [-0.15, -0.1) is 10.2 Å². The minimum absolute atomic E-state index is 0.177. The summed E-state index contributed by atoms with van der Waals surface area (Å²) < 4.78 is 27.7. The highest BCUT2D eigenvalue weighted by atomic mass is 32.2. The number of aryl methyl sites for hydroxylation is 3. The van der Waals surface area contributed by atoms with Gasteiger partial charge in [-0.2, -0.15) is 4.31 Å². The van der Waals surface area contributed by atoms with Gasteiger partial charge in [0, 0.05) is 31.7 Å². The summed E-state index contributed by atoms with van der Waals surface area (Å²) in [6.07, 6.45) is 0. The van der Waals surface area contributed by atoms with Gasteiger partial charge in [-0.1, -0.05) is 47.2 Å². The first-order chi connectivity index (χ1) is 15.7. The van der Waals surface area contributed by atoms with Crippen molar-refractivity contribution in [3.63, 3.8) is 0 Å². The Balaban J connectivity index is 1.32. The van der Waals surface area contributed by atoms with Crippen molar-refractivity contribution in [2.45, 2.75) is 25.7 Å². The normalized spacial score (nSPS) is 15.5. The summed E-state index contributed by atoms with van der Waals surface area (Å²) in [7, 11) is -3.55. The van der Waals surface area contributed by atoms with Crippen LogP contribution in [0.3, 0.4) is 0 Å². The van der Waals surface area contributed by atoms with Crippen LogP contribution in [0.4, 0.5) is 5.13 Å². The molecule has 0 aliphatic carbocycles. The Morgan fingerprint density at radius 3 is 2.45 bits per heavy atom. The fourth-order valence-corrected chi connectivity index (χ4v) is 6.27. The summed E-state index contributed by atoms with van der Waals surface area (Å²) in [5, 5.41) is 12.3. The molecule has 2 heterocycles. The Morgan fingerprint density at radius 2 is 1.73 bits per heavy atom. The fourth-order valence-electron chi connectivity index (χ4n) is 3.78. The molecule has 1 aliphatic rings. The highest BCUT2D eigenvalue weighted by Crippen LogP contribution is 2.27. The number of aromatic nitrogens is 2. The molecule has 4 rings (SSSR count). The minimum Gasteiger partial charge on any atom is -0.299 e. The monoisotopic (exact) mass is 485 g/mol. The highest BCUT2D eigenvalue weighted by Gasteiger charge is 2.30. The third-order valence-corrected chi connectivity index (χ3v) is 8.52. The highest BCUT2D eigenvalue weighted by molar-refractivity contribution is 7.89. The third-order valence-electron chi connectivity index (χ3n) is 5.60. The Morgan fingerprint density at radius 1 is 1.00 bits per heavy atom. The molecule has 1 N–H and O–H groups in total. The van der Waals surface area contributed by atoms with Crippen molar-refractivity contribution in [3.05, 3.63) is 59.2 Å². The zero-order valence-corrected chi connectivity index (χ0v) is 20.5. The number of anilines is 1. The second kappa shape index (κ2) is 9.68. The van der Waals surface area contributed by atoms with Gasteiger partial charge in [-0.25, -0.2) is 8.42 Å². The van der Waals surface area contributed by atoms with Crippen molar-refractivity contribution in [1.29, 1.82) is 0 Å². The van der Waals surface area contributed by atoms with Gasteiger partial charge in [-0.3, -0.25) is 15.0 Å². The Bertz CT molecular complexity index is 1260. The second-order valence-electron chi connectivity index (χ2n) is 8.28. The zero-order chi connectivity index (χ0) is 23.6. The van der Waals surface area contributed by atoms with Crippen molar-refractivity contribution >= 4 is 32.4 Å². The van der Waals surface area contributed by atoms with Crippen molar-refractivity contribution in [1.82, 2.24) is 19.4 Å². The van der Waals surface area contributed by atoms with E-state index in [0.29, 0.717) is 36.2 Å². The van der Waals surface area contributed by atoms with Crippen LogP contribution in [-0.2, 0) is 14.8 Å². The Labute approximate surface area is 198 Å². The summed E-state index contributed by atoms with van der Waals surface area (Å²) >= 11 is 1.33. The van der Waals surface area contributed by atoms with Crippen LogP contribution < -0.4 is 5.32 Å². The van der Waals surface area contributed by atoms with Crippen LogP contribution in [0.1, 0.15) is 16.7 Å². The molecule has 0 atom stereocenters. The van der Waals surface area contributed by atoms with Crippen LogP contribution in [0.25, 0.3) is 10.6 Å². The van der Waals surface area contributed by atoms with Gasteiger partial charge in [0.15, 0.2) is 0 Å². The first kappa shape index (κ1) is 23.5. The predicted molar refractivity (Wildman–Crippen MR) is 130 cm³/mol. The topological polar surface area (TPSA) is 95.5 Å². The van der Waals surface area contributed by atoms with Gasteiger partial charge in [0.25, 0.3) is 0 Å². The molecule has 1 aliphatic heterocycles. The van der Waals surface area contributed by atoms with E-state index in [0.717, 1.165) is 27.3 Å². The van der Waals surface area contributed by atoms with Crippen LogP contribution in [0, 0.1) is 20.8 Å². The number of hydrogen-bond acceptors (Lipinski definition) is 7. The molecule has 10 heteroatoms. The molecule has 0 unspecified atom stereocenters. The molecule has 0 bridgehead atoms. The van der Waals surface area contributed by atoms with E-state index in [2.05, 4.69) is 15.5 Å². The molecule has 0 radical (unpaired) electrons. The van der Waals surface area contributed by atoms with Gasteiger partial charge in [-0.05, 0) is 44.0 Å². The molecule has 174 valence electrons. The molecular weight excluding hydrogens is 458 g/mol. The number of nitrogens with one attached hydrogen (secondary N) is 1. The minimum atomic E-state index is -3.55. The third kappa shape index (κ3) is 5.47. The van der Waals surface area contributed by atoms with Gasteiger partial charge in [0.2, 0.25) is 21.1 Å². The van der Waals surface area contributed by atoms with Crippen LogP contribution in [-0.4, -0.2) is 66.5 Å². The summed E-state index contributed by atoms with van der Waals surface area (Å²) in [5.41, 5.74) is 3.75. The van der Waals surface area contributed by atoms with Crippen molar-refractivity contribution in [3.8, 4) is 10.6 Å². The van der Waals surface area contributed by atoms with E-state index in [9.17, 15) is 13.2 Å². The lowest BCUT2D eigenvalue weighted by Gasteiger charge is -2.33. The van der Waals surface area contributed by atoms with E-state index in [4.69, 9.17) is 0 Å². The van der Waals surface area contributed by atoms with Crippen LogP contribution in [0.5, 0.6) is 0 Å². The molecule has 0 spiro atoms. The second-order valence-corrected chi connectivity index (χ2v) is 11.2. The number of carbonyl (C=O) groups is 1. The summed E-state index contributed by atoms with van der Waals surface area (Å²) in [6.45, 7) is 7.56. The SMILES string of the molecule is Cc1cccc(-c2nnc(NC(=O)CN3CCN(S(=O)(=O)c4cc(C)ccc4C)CC3)s2)c1. The molecule has 1 fully saturated rings. The van der Waals surface area contributed by atoms with Gasteiger partial charge in [0.1, 0.15) is 5.01 Å². The number of sulfonamides is 1. The summed E-state index contributed by atoms with van der Waals surface area (Å²) in [5.74, 6) is -0.187. The molecule has 3 aromatic rings. The first-order valence-electron chi connectivity index (χ1n) is 10.7. The number of amides is 1. The van der Waals surface area contributed by atoms with Crippen LogP contribution in [0.2, 0.25) is 0 Å². The summed E-state index contributed by atoms with van der Waals surface area (Å²) in [4.78, 5) is 14.8. The lowest BCUT2D eigenvalue weighted by atomic mass is 10.1. The number of hydrogen-bond donors (Lipinski definition) is 1. The summed E-state index contributed by atoms with van der Waals surface area (Å²) in [6, 6.07) is 13.4. The van der Waals surface area contributed by atoms with E-state index < -0.39 is 10.0 Å². The average molecular weight is 486 g/mol. The largest absolute Gasteiger partial charge is 0.299 e. The lowest BCUT2D eigenvalue weighted by molar-refractivity contribution is -0.117. The van der Waals surface area contributed by atoms with E-state index >= 15 is 0 Å². The Kier molecular flexibility index (Phi) is 6.89. The number of piperazine rings is 1. The van der Waals surface area contributed by atoms with Crippen molar-refractivity contribution in [2.24, 2.45) is 0 Å². The predicted octanol–water partition coefficient (Wildman–Crippen LogP) is 3.08. The lowest BCUT2D eigenvalue weighted by Crippen LogP contribution is -2.50. The van der Waals surface area contributed by atoms with Gasteiger partial charge < -0.3 is 0 Å². The maximum absolute atomic E-state index is 13.1. The van der Waals surface area contributed by atoms with Crippen LogP contribution in [0.15, 0.2) is 47.4 Å². The molecule has 1 aromatic heterocycles. The standard InChI is InChI=1S/C23H27N5O3S2/c1-16-5-4-6-19(13-16)22-25-26-23(32-22)24-21(29)15-27-9-11-28(12-10-27)33(30,31)20-14-17(2)7-8-18(20)3/h4-8,13-14H,9-12,15H2,1-3H3,(H,24,26,29). The van der Waals surface area contributed by atoms with Crippen molar-refractivity contribution < 1.29 is 13.2 Å². The first-order valence-corrected chi connectivity index (χ1v) is 13.0. The molecule has 1 amide bonds. The van der Waals surface area contributed by atoms with E-state index in [1.807, 2.05) is 62.1 Å². The van der Waals surface area contributed by atoms with Crippen molar-refractivity contribution in [2.75, 3.05) is 38.0 Å². The number of benzene rings is 2. The average Bonchev–Trinajstić information content (AvgIpc) is 3.24. The Hall–Kier alpha value is -2.66.